The third-order valence-corrected chi connectivity index (χ3v) is 1.76. The lowest BCUT2D eigenvalue weighted by Crippen LogP contribution is -2.05. The molecule has 1 nitrogen and oxygen atoms in total. The average molecular weight is 201 g/mol. The Kier molecular flexibility index (Phi) is 2.93. The number of alkyl halides is 3. The largest absolute Gasteiger partial charge is 0.416 e. The van der Waals surface area contributed by atoms with E-state index in [-0.39, 0.29) is 11.3 Å². The molecule has 0 N–H and O–H groups in total. The van der Waals surface area contributed by atoms with E-state index in [1.807, 2.05) is 0 Å². The molecule has 0 spiro atoms. The minimum Gasteiger partial charge on any atom is -0.294 e. The van der Waals surface area contributed by atoms with Crippen LogP contribution >= 0.6 is 0 Å². The molecule has 0 aliphatic carbocycles. The zero-order valence-electron chi connectivity index (χ0n) is 7.43. The van der Waals surface area contributed by atoms with Gasteiger partial charge in [-0.05, 0) is 12.1 Å². The Hall–Kier alpha value is -1.32. The van der Waals surface area contributed by atoms with Gasteiger partial charge < -0.3 is 0 Å². The molecule has 1 rings (SSSR count). The van der Waals surface area contributed by atoms with E-state index in [0.717, 1.165) is 12.1 Å². The van der Waals surface area contributed by atoms with Crippen LogP contribution in [0.25, 0.3) is 0 Å². The standard InChI is InChI=1S/C10H8F3O/c1-2-9(14)7-3-5-8(6-4-7)10(11,12)13/h2-6H,1H3. The molecule has 0 heterocycles. The number of Topliss-reactive ketones (excluding diaryl/α,β-unsaturated/α-hetero) is 1. The van der Waals surface area contributed by atoms with Gasteiger partial charge in [0.05, 0.1) is 5.56 Å². The van der Waals surface area contributed by atoms with E-state index in [9.17, 15) is 18.0 Å². The van der Waals surface area contributed by atoms with E-state index >= 15 is 0 Å². The van der Waals surface area contributed by atoms with Crippen molar-refractivity contribution in [3.63, 3.8) is 0 Å². The van der Waals surface area contributed by atoms with Gasteiger partial charge in [0, 0.05) is 12.0 Å². The molecule has 0 fully saturated rings. The van der Waals surface area contributed by atoms with E-state index in [1.165, 1.54) is 18.6 Å². The summed E-state index contributed by atoms with van der Waals surface area (Å²) >= 11 is 0. The third-order valence-electron chi connectivity index (χ3n) is 1.76. The quantitative estimate of drug-likeness (QED) is 0.672. The second kappa shape index (κ2) is 3.82. The molecule has 75 valence electrons. The SMILES string of the molecule is C[CH]C(=O)c1ccc(C(F)(F)F)cc1. The van der Waals surface area contributed by atoms with Crippen molar-refractivity contribution in [2.24, 2.45) is 0 Å². The van der Waals surface area contributed by atoms with Crippen LogP contribution in [0, 0.1) is 6.42 Å². The molecule has 0 saturated carbocycles. The number of ketones is 1. The molecule has 14 heavy (non-hydrogen) atoms. The van der Waals surface area contributed by atoms with Gasteiger partial charge in [0.1, 0.15) is 0 Å². The average Bonchev–Trinajstić information content (AvgIpc) is 2.15. The minimum absolute atomic E-state index is 0.264. The Labute approximate surface area is 79.5 Å². The van der Waals surface area contributed by atoms with Gasteiger partial charge in [0.25, 0.3) is 0 Å². The number of benzene rings is 1. The summed E-state index contributed by atoms with van der Waals surface area (Å²) in [6, 6.07) is 4.14. The Bertz CT molecular complexity index is 324. The van der Waals surface area contributed by atoms with Gasteiger partial charge in [-0.2, -0.15) is 13.2 Å². The maximum absolute atomic E-state index is 12.1. The van der Waals surface area contributed by atoms with E-state index < -0.39 is 11.7 Å². The number of carbonyl (C=O) groups is 1. The first-order valence-corrected chi connectivity index (χ1v) is 3.96. The van der Waals surface area contributed by atoms with Crippen LogP contribution in [0.15, 0.2) is 24.3 Å². The van der Waals surface area contributed by atoms with Crippen molar-refractivity contribution in [3.05, 3.63) is 41.8 Å². The molecule has 0 amide bonds. The van der Waals surface area contributed by atoms with E-state index in [0.29, 0.717) is 0 Å². The van der Waals surface area contributed by atoms with Crippen molar-refractivity contribution in [2.75, 3.05) is 0 Å². The molecular formula is C10H8F3O. The molecule has 0 unspecified atom stereocenters. The van der Waals surface area contributed by atoms with Crippen LogP contribution in [0.4, 0.5) is 13.2 Å². The predicted molar refractivity (Wildman–Crippen MR) is 45.7 cm³/mol. The molecule has 0 bridgehead atoms. The number of hydrogen-bond donors (Lipinski definition) is 0. The fraction of sp³-hybridized carbons (Fsp3) is 0.200. The summed E-state index contributed by atoms with van der Waals surface area (Å²) in [5, 5.41) is 0. The molecule has 0 aromatic heterocycles. The highest BCUT2D eigenvalue weighted by molar-refractivity contribution is 6.02. The van der Waals surface area contributed by atoms with Crippen LogP contribution in [0.1, 0.15) is 22.8 Å². The van der Waals surface area contributed by atoms with Gasteiger partial charge in [0.2, 0.25) is 0 Å². The van der Waals surface area contributed by atoms with Crippen LogP contribution in [0.3, 0.4) is 0 Å². The first-order valence-electron chi connectivity index (χ1n) is 3.96. The zero-order chi connectivity index (χ0) is 10.8. The van der Waals surface area contributed by atoms with E-state index in [4.69, 9.17) is 0 Å². The molecule has 0 aliphatic rings. The Morgan fingerprint density at radius 1 is 1.21 bits per heavy atom. The lowest BCUT2D eigenvalue weighted by Gasteiger charge is -2.06. The molecule has 4 heteroatoms. The minimum atomic E-state index is -4.35. The summed E-state index contributed by atoms with van der Waals surface area (Å²) in [5.41, 5.74) is -0.481. The highest BCUT2D eigenvalue weighted by Crippen LogP contribution is 2.29. The van der Waals surface area contributed by atoms with Crippen molar-refractivity contribution in [2.45, 2.75) is 13.1 Å². The lowest BCUT2D eigenvalue weighted by atomic mass is 10.1. The Balaban J connectivity index is 2.95. The smallest absolute Gasteiger partial charge is 0.294 e. The van der Waals surface area contributed by atoms with E-state index in [2.05, 4.69) is 0 Å². The summed E-state index contributed by atoms with van der Waals surface area (Å²) in [4.78, 5) is 11.0. The fourth-order valence-electron chi connectivity index (χ4n) is 0.990. The Morgan fingerprint density at radius 3 is 2.07 bits per heavy atom. The third kappa shape index (κ3) is 2.34. The maximum atomic E-state index is 12.1. The van der Waals surface area contributed by atoms with Crippen molar-refractivity contribution in [3.8, 4) is 0 Å². The Morgan fingerprint density at radius 2 is 1.71 bits per heavy atom. The van der Waals surface area contributed by atoms with Crippen LogP contribution in [-0.2, 0) is 6.18 Å². The number of hydrogen-bond acceptors (Lipinski definition) is 1. The molecule has 0 atom stereocenters. The summed E-state index contributed by atoms with van der Waals surface area (Å²) in [7, 11) is 0. The van der Waals surface area contributed by atoms with E-state index in [1.54, 1.807) is 6.92 Å². The van der Waals surface area contributed by atoms with Gasteiger partial charge in [-0.15, -0.1) is 0 Å². The van der Waals surface area contributed by atoms with Gasteiger partial charge in [-0.3, -0.25) is 4.79 Å². The monoisotopic (exact) mass is 201 g/mol. The van der Waals surface area contributed by atoms with Crippen molar-refractivity contribution in [1.29, 1.82) is 0 Å². The molecular weight excluding hydrogens is 193 g/mol. The van der Waals surface area contributed by atoms with Crippen LogP contribution in [-0.4, -0.2) is 5.78 Å². The lowest BCUT2D eigenvalue weighted by molar-refractivity contribution is -0.137. The van der Waals surface area contributed by atoms with Crippen molar-refractivity contribution in [1.82, 2.24) is 0 Å². The number of rotatable bonds is 2. The second-order valence-corrected chi connectivity index (χ2v) is 2.73. The van der Waals surface area contributed by atoms with Crippen LogP contribution in [0.2, 0.25) is 0 Å². The first kappa shape index (κ1) is 10.8. The molecule has 0 aliphatic heterocycles. The number of halogens is 3. The van der Waals surface area contributed by atoms with Crippen molar-refractivity contribution < 1.29 is 18.0 Å². The molecule has 1 radical (unpaired) electrons. The topological polar surface area (TPSA) is 17.1 Å². The normalized spacial score (nSPS) is 11.4. The summed E-state index contributed by atoms with van der Waals surface area (Å²) < 4.78 is 36.3. The summed E-state index contributed by atoms with van der Waals surface area (Å²) in [6.07, 6.45) is -3.04. The predicted octanol–water partition coefficient (Wildman–Crippen LogP) is 3.11. The highest BCUT2D eigenvalue weighted by atomic mass is 19.4. The number of carbonyl (C=O) groups excluding carboxylic acids is 1. The van der Waals surface area contributed by atoms with Crippen molar-refractivity contribution >= 4 is 5.78 Å². The van der Waals surface area contributed by atoms with Gasteiger partial charge >= 0.3 is 6.18 Å². The molecule has 1 aromatic carbocycles. The second-order valence-electron chi connectivity index (χ2n) is 2.73. The van der Waals surface area contributed by atoms with Gasteiger partial charge in [-0.1, -0.05) is 19.1 Å². The van der Waals surface area contributed by atoms with Gasteiger partial charge in [0.15, 0.2) is 5.78 Å². The summed E-state index contributed by atoms with van der Waals surface area (Å²) in [6.45, 7) is 1.54. The first-order chi connectivity index (χ1) is 6.45. The van der Waals surface area contributed by atoms with Crippen LogP contribution in [0.5, 0.6) is 0 Å². The molecule has 1 aromatic rings. The fourth-order valence-corrected chi connectivity index (χ4v) is 0.990. The van der Waals surface area contributed by atoms with Gasteiger partial charge in [-0.25, -0.2) is 0 Å². The zero-order valence-corrected chi connectivity index (χ0v) is 7.43. The highest BCUT2D eigenvalue weighted by Gasteiger charge is 2.30. The van der Waals surface area contributed by atoms with Crippen LogP contribution < -0.4 is 0 Å². The molecule has 0 saturated heterocycles. The maximum Gasteiger partial charge on any atom is 0.416 e. The summed E-state index contributed by atoms with van der Waals surface area (Å²) in [5.74, 6) is -0.279.